The van der Waals surface area contributed by atoms with E-state index in [2.05, 4.69) is 10.1 Å². The van der Waals surface area contributed by atoms with Gasteiger partial charge in [0.05, 0.1) is 6.61 Å². The highest BCUT2D eigenvalue weighted by Gasteiger charge is 2.34. The lowest BCUT2D eigenvalue weighted by molar-refractivity contribution is 0.0532. The highest BCUT2D eigenvalue weighted by Crippen LogP contribution is 2.38. The molecule has 0 unspecified atom stereocenters. The summed E-state index contributed by atoms with van der Waals surface area (Å²) < 4.78 is 31.3. The number of halogens is 1. The molecule has 0 aliphatic carbocycles. The molecule has 4 rings (SSSR count). The quantitative estimate of drug-likeness (QED) is 0.516. The summed E-state index contributed by atoms with van der Waals surface area (Å²) in [6.07, 6.45) is 4.09. The highest BCUT2D eigenvalue weighted by molar-refractivity contribution is 5.62. The van der Waals surface area contributed by atoms with E-state index in [1.165, 1.54) is 6.07 Å². The van der Waals surface area contributed by atoms with Gasteiger partial charge < -0.3 is 24.2 Å². The van der Waals surface area contributed by atoms with Gasteiger partial charge in [0, 0.05) is 30.3 Å². The minimum absolute atomic E-state index is 0.00345. The predicted octanol–water partition coefficient (Wildman–Crippen LogP) is 3.99. The van der Waals surface area contributed by atoms with E-state index in [1.807, 2.05) is 44.2 Å². The fourth-order valence-electron chi connectivity index (χ4n) is 4.32. The summed E-state index contributed by atoms with van der Waals surface area (Å²) >= 11 is 0. The average molecular weight is 469 g/mol. The molecule has 2 N–H and O–H groups in total. The third-order valence-corrected chi connectivity index (χ3v) is 6.13. The first-order valence-electron chi connectivity index (χ1n) is 11.3. The molecule has 1 aromatic heterocycles. The molecule has 8 heteroatoms. The number of aliphatic hydroxyl groups excluding tert-OH is 2. The van der Waals surface area contributed by atoms with Crippen LogP contribution in [0.3, 0.4) is 0 Å². The van der Waals surface area contributed by atoms with E-state index in [-0.39, 0.29) is 19.0 Å². The monoisotopic (exact) mass is 468 g/mol. The summed E-state index contributed by atoms with van der Waals surface area (Å²) in [6.45, 7) is 4.53. The maximum Gasteiger partial charge on any atom is 0.250 e. The van der Waals surface area contributed by atoms with E-state index in [4.69, 9.17) is 19.1 Å². The number of allylic oxidation sites excluding steroid dienone is 1. The Morgan fingerprint density at radius 3 is 2.56 bits per heavy atom. The van der Waals surface area contributed by atoms with Crippen LogP contribution in [-0.2, 0) is 10.2 Å². The number of aryl methyl sites for hydroxylation is 2. The number of hydrogen-bond acceptors (Lipinski definition) is 7. The molecule has 0 amide bonds. The van der Waals surface area contributed by atoms with E-state index in [1.54, 1.807) is 12.1 Å². The van der Waals surface area contributed by atoms with Crippen molar-refractivity contribution in [2.24, 2.45) is 0 Å². The second kappa shape index (κ2) is 10.5. The van der Waals surface area contributed by atoms with Crippen LogP contribution in [0, 0.1) is 19.7 Å². The molecule has 1 atom stereocenters. The van der Waals surface area contributed by atoms with Crippen molar-refractivity contribution < 1.29 is 28.6 Å². The standard InChI is InChI=1S/C26H29FN2O5/c1-17-13-19(14-18(2)24(17)33-16-20(31)15-30)25-28-23(34-29-25)7-8-26(9-11-32-12-10-26)21-5-3-4-6-22(21)27/h3-8,13-14,20,30-31H,9-12,15-16H2,1-2H3/b8-7+/t20-/m0/s1. The maximum absolute atomic E-state index is 14.6. The largest absolute Gasteiger partial charge is 0.490 e. The summed E-state index contributed by atoms with van der Waals surface area (Å²) in [5.41, 5.74) is 2.61. The van der Waals surface area contributed by atoms with Crippen LogP contribution < -0.4 is 4.74 Å². The summed E-state index contributed by atoms with van der Waals surface area (Å²) in [5, 5.41) is 22.6. The third kappa shape index (κ3) is 5.19. The van der Waals surface area contributed by atoms with Crippen molar-refractivity contribution in [3.05, 3.63) is 70.9 Å². The molecule has 1 aliphatic rings. The van der Waals surface area contributed by atoms with Crippen LogP contribution in [0.2, 0.25) is 0 Å². The van der Waals surface area contributed by atoms with Crippen molar-refractivity contribution in [1.82, 2.24) is 10.1 Å². The lowest BCUT2D eigenvalue weighted by Gasteiger charge is -2.35. The molecule has 1 aliphatic heterocycles. The van der Waals surface area contributed by atoms with Crippen molar-refractivity contribution in [1.29, 1.82) is 0 Å². The molecule has 1 fully saturated rings. The Kier molecular flexibility index (Phi) is 7.41. The average Bonchev–Trinajstić information content (AvgIpc) is 3.32. The van der Waals surface area contributed by atoms with Crippen LogP contribution in [-0.4, -0.2) is 52.9 Å². The molecule has 2 aromatic carbocycles. The van der Waals surface area contributed by atoms with Crippen molar-refractivity contribution in [2.45, 2.75) is 38.2 Å². The normalized spacial score (nSPS) is 16.6. The topological polar surface area (TPSA) is 97.8 Å². The van der Waals surface area contributed by atoms with Gasteiger partial charge >= 0.3 is 0 Å². The van der Waals surface area contributed by atoms with Gasteiger partial charge in [-0.2, -0.15) is 4.98 Å². The molecule has 0 saturated carbocycles. The van der Waals surface area contributed by atoms with Gasteiger partial charge in [-0.25, -0.2) is 4.39 Å². The predicted molar refractivity (Wildman–Crippen MR) is 125 cm³/mol. The minimum Gasteiger partial charge on any atom is -0.490 e. The van der Waals surface area contributed by atoms with Crippen molar-refractivity contribution >= 4 is 6.08 Å². The summed E-state index contributed by atoms with van der Waals surface area (Å²) in [4.78, 5) is 4.51. The van der Waals surface area contributed by atoms with Crippen LogP contribution in [0.15, 0.2) is 47.0 Å². The first kappa shape index (κ1) is 24.1. The Hall–Kier alpha value is -3.07. The van der Waals surface area contributed by atoms with Crippen LogP contribution in [0.5, 0.6) is 5.75 Å². The van der Waals surface area contributed by atoms with Crippen molar-refractivity contribution in [3.63, 3.8) is 0 Å². The van der Waals surface area contributed by atoms with Gasteiger partial charge in [0.15, 0.2) is 0 Å². The fourth-order valence-corrected chi connectivity index (χ4v) is 4.32. The second-order valence-corrected chi connectivity index (χ2v) is 8.62. The van der Waals surface area contributed by atoms with E-state index < -0.39 is 11.5 Å². The highest BCUT2D eigenvalue weighted by atomic mass is 19.1. The number of benzene rings is 2. The second-order valence-electron chi connectivity index (χ2n) is 8.62. The van der Waals surface area contributed by atoms with Gasteiger partial charge in [-0.1, -0.05) is 29.4 Å². The first-order valence-corrected chi connectivity index (χ1v) is 11.3. The van der Waals surface area contributed by atoms with Gasteiger partial charge in [-0.3, -0.25) is 0 Å². The number of aliphatic hydroxyl groups is 2. The number of aromatic nitrogens is 2. The Bertz CT molecular complexity index is 1130. The zero-order valence-corrected chi connectivity index (χ0v) is 19.3. The van der Waals surface area contributed by atoms with E-state index in [0.29, 0.717) is 49.1 Å². The number of nitrogens with zero attached hydrogens (tertiary/aromatic N) is 2. The van der Waals surface area contributed by atoms with Gasteiger partial charge in [0.25, 0.3) is 5.89 Å². The minimum atomic E-state index is -0.937. The van der Waals surface area contributed by atoms with Gasteiger partial charge in [-0.05, 0) is 61.6 Å². The van der Waals surface area contributed by atoms with Crippen molar-refractivity contribution in [2.75, 3.05) is 26.4 Å². The van der Waals surface area contributed by atoms with Crippen LogP contribution in [0.1, 0.15) is 35.4 Å². The molecule has 7 nitrogen and oxygen atoms in total. The molecule has 0 radical (unpaired) electrons. The van der Waals surface area contributed by atoms with E-state index >= 15 is 0 Å². The van der Waals surface area contributed by atoms with Crippen LogP contribution in [0.25, 0.3) is 17.5 Å². The molecule has 34 heavy (non-hydrogen) atoms. The van der Waals surface area contributed by atoms with Gasteiger partial charge in [0.2, 0.25) is 5.82 Å². The van der Waals surface area contributed by atoms with Crippen molar-refractivity contribution in [3.8, 4) is 17.1 Å². The molecule has 3 aromatic rings. The number of rotatable bonds is 8. The molecule has 180 valence electrons. The molecule has 2 heterocycles. The Morgan fingerprint density at radius 1 is 1.18 bits per heavy atom. The summed E-state index contributed by atoms with van der Waals surface area (Å²) in [5.74, 6) is 1.17. The molecular weight excluding hydrogens is 439 g/mol. The number of hydrogen-bond donors (Lipinski definition) is 2. The first-order chi connectivity index (χ1) is 16.4. The Morgan fingerprint density at radius 2 is 1.88 bits per heavy atom. The molecule has 1 saturated heterocycles. The van der Waals surface area contributed by atoms with Gasteiger partial charge in [0.1, 0.15) is 24.3 Å². The van der Waals surface area contributed by atoms with Crippen LogP contribution >= 0.6 is 0 Å². The maximum atomic E-state index is 14.6. The fraction of sp³-hybridized carbons (Fsp3) is 0.385. The third-order valence-electron chi connectivity index (χ3n) is 6.13. The SMILES string of the molecule is Cc1cc(-c2noc(/C=C/C3(c4ccccc4F)CCOCC3)n2)cc(C)c1OC[C@@H](O)CO. The Labute approximate surface area is 197 Å². The van der Waals surface area contributed by atoms with E-state index in [0.717, 1.165) is 16.7 Å². The molecule has 0 bridgehead atoms. The van der Waals surface area contributed by atoms with Crippen LogP contribution in [0.4, 0.5) is 4.39 Å². The zero-order chi connectivity index (χ0) is 24.1. The summed E-state index contributed by atoms with van der Waals surface area (Å²) in [7, 11) is 0. The van der Waals surface area contributed by atoms with E-state index in [9.17, 15) is 9.50 Å². The molecule has 0 spiro atoms. The number of ether oxygens (including phenoxy) is 2. The Balaban J connectivity index is 1.57. The summed E-state index contributed by atoms with van der Waals surface area (Å²) in [6, 6.07) is 10.6. The zero-order valence-electron chi connectivity index (χ0n) is 19.3. The molecular formula is C26H29FN2O5. The smallest absolute Gasteiger partial charge is 0.250 e. The lowest BCUT2D eigenvalue weighted by Crippen LogP contribution is -2.32. The lowest BCUT2D eigenvalue weighted by atomic mass is 9.73. The van der Waals surface area contributed by atoms with Gasteiger partial charge in [-0.15, -0.1) is 0 Å².